The van der Waals surface area contributed by atoms with Crippen molar-refractivity contribution in [3.05, 3.63) is 65.2 Å². The van der Waals surface area contributed by atoms with E-state index in [0.717, 1.165) is 17.7 Å². The quantitative estimate of drug-likeness (QED) is 0.797. The van der Waals surface area contributed by atoms with Gasteiger partial charge >= 0.3 is 12.1 Å². The van der Waals surface area contributed by atoms with Crippen LogP contribution < -0.4 is 10.1 Å². The molecule has 2 aromatic carbocycles. The maximum atomic E-state index is 12.6. The molecule has 138 valence electrons. The molecule has 0 saturated carbocycles. The van der Waals surface area contributed by atoms with Crippen molar-refractivity contribution in [2.75, 3.05) is 13.7 Å². The van der Waals surface area contributed by atoms with Gasteiger partial charge in [-0.2, -0.15) is 13.2 Å². The zero-order valence-corrected chi connectivity index (χ0v) is 13.8. The van der Waals surface area contributed by atoms with E-state index in [1.807, 2.05) is 0 Å². The van der Waals surface area contributed by atoms with Crippen molar-refractivity contribution in [1.82, 2.24) is 5.32 Å². The first-order valence-corrected chi connectivity index (χ1v) is 7.53. The number of alkyl halides is 3. The third-order valence-electron chi connectivity index (χ3n) is 3.38. The summed E-state index contributed by atoms with van der Waals surface area (Å²) in [6.45, 7) is -0.407. The molecule has 0 aliphatic rings. The molecule has 26 heavy (non-hydrogen) atoms. The summed E-state index contributed by atoms with van der Waals surface area (Å²) in [5, 5.41) is 2.54. The van der Waals surface area contributed by atoms with Gasteiger partial charge in [-0.05, 0) is 35.9 Å². The normalized spacial score (nSPS) is 10.9. The van der Waals surface area contributed by atoms with E-state index in [2.05, 4.69) is 5.32 Å². The first-order valence-electron chi connectivity index (χ1n) is 7.53. The molecule has 0 bridgehead atoms. The lowest BCUT2D eigenvalue weighted by Crippen LogP contribution is -2.28. The molecule has 0 aliphatic carbocycles. The van der Waals surface area contributed by atoms with Crippen LogP contribution in [0.5, 0.6) is 5.75 Å². The van der Waals surface area contributed by atoms with Crippen LogP contribution >= 0.6 is 0 Å². The number of rotatable bonds is 6. The smallest absolute Gasteiger partial charge is 0.416 e. The predicted molar refractivity (Wildman–Crippen MR) is 86.6 cm³/mol. The van der Waals surface area contributed by atoms with Crippen LogP contribution in [0.4, 0.5) is 13.2 Å². The molecular weight excluding hydrogens is 351 g/mol. The van der Waals surface area contributed by atoms with Gasteiger partial charge in [-0.3, -0.25) is 4.79 Å². The van der Waals surface area contributed by atoms with Gasteiger partial charge in [0.05, 0.1) is 18.2 Å². The first kappa shape index (κ1) is 19.3. The summed E-state index contributed by atoms with van der Waals surface area (Å²) in [4.78, 5) is 23.5. The van der Waals surface area contributed by atoms with Crippen molar-refractivity contribution in [2.45, 2.75) is 12.7 Å². The minimum atomic E-state index is -4.57. The molecule has 0 radical (unpaired) electrons. The highest BCUT2D eigenvalue weighted by Crippen LogP contribution is 2.29. The van der Waals surface area contributed by atoms with Crippen molar-refractivity contribution in [3.63, 3.8) is 0 Å². The molecule has 0 fully saturated rings. The topological polar surface area (TPSA) is 64.6 Å². The lowest BCUT2D eigenvalue weighted by atomic mass is 10.1. The fourth-order valence-electron chi connectivity index (χ4n) is 2.07. The summed E-state index contributed by atoms with van der Waals surface area (Å²) in [6.07, 6.45) is -4.57. The van der Waals surface area contributed by atoms with Crippen LogP contribution in [0.25, 0.3) is 0 Å². The van der Waals surface area contributed by atoms with E-state index in [-0.39, 0.29) is 12.1 Å². The van der Waals surface area contributed by atoms with E-state index in [0.29, 0.717) is 11.8 Å². The van der Waals surface area contributed by atoms with Gasteiger partial charge in [-0.15, -0.1) is 0 Å². The number of nitrogens with one attached hydrogen (secondary N) is 1. The molecule has 0 aromatic heterocycles. The minimum Gasteiger partial charge on any atom is -0.497 e. The summed E-state index contributed by atoms with van der Waals surface area (Å²) in [5.41, 5.74) is -0.461. The summed E-state index contributed by atoms with van der Waals surface area (Å²) in [5.74, 6) is -0.950. The third-order valence-corrected chi connectivity index (χ3v) is 3.38. The number of carbonyl (C=O) groups is 2. The molecule has 0 heterocycles. The number of halogens is 3. The highest BCUT2D eigenvalue weighted by Gasteiger charge is 2.31. The monoisotopic (exact) mass is 367 g/mol. The number of hydrogen-bond acceptors (Lipinski definition) is 4. The van der Waals surface area contributed by atoms with E-state index < -0.39 is 30.2 Å². The zero-order chi connectivity index (χ0) is 19.2. The van der Waals surface area contributed by atoms with E-state index in [1.54, 1.807) is 24.3 Å². The van der Waals surface area contributed by atoms with Gasteiger partial charge in [-0.1, -0.05) is 18.2 Å². The molecule has 5 nitrogen and oxygen atoms in total. The van der Waals surface area contributed by atoms with Crippen molar-refractivity contribution < 1.29 is 32.2 Å². The van der Waals surface area contributed by atoms with Crippen molar-refractivity contribution in [1.29, 1.82) is 0 Å². The van der Waals surface area contributed by atoms with Crippen molar-refractivity contribution >= 4 is 11.9 Å². The van der Waals surface area contributed by atoms with E-state index in [1.165, 1.54) is 13.2 Å². The molecular formula is C18H16F3NO4. The van der Waals surface area contributed by atoms with Crippen LogP contribution in [-0.2, 0) is 22.3 Å². The first-order chi connectivity index (χ1) is 12.3. The number of hydrogen-bond donors (Lipinski definition) is 1. The second kappa shape index (κ2) is 8.37. The van der Waals surface area contributed by atoms with Gasteiger partial charge < -0.3 is 14.8 Å². The average Bonchev–Trinajstić information content (AvgIpc) is 2.64. The largest absolute Gasteiger partial charge is 0.497 e. The Morgan fingerprint density at radius 1 is 1.08 bits per heavy atom. The molecule has 0 spiro atoms. The summed E-state index contributed by atoms with van der Waals surface area (Å²) in [7, 11) is 1.52. The number of methoxy groups -OCH3 is 1. The van der Waals surface area contributed by atoms with Gasteiger partial charge in [0, 0.05) is 6.54 Å². The Bertz CT molecular complexity index is 790. The summed E-state index contributed by atoms with van der Waals surface area (Å²) >= 11 is 0. The molecule has 0 unspecified atom stereocenters. The zero-order valence-electron chi connectivity index (χ0n) is 13.8. The Kier molecular flexibility index (Phi) is 6.21. The molecule has 2 rings (SSSR count). The minimum absolute atomic E-state index is 0.192. The molecule has 1 amide bonds. The van der Waals surface area contributed by atoms with Crippen LogP contribution in [0.3, 0.4) is 0 Å². The number of benzene rings is 2. The lowest BCUT2D eigenvalue weighted by molar-refractivity contribution is -0.137. The molecule has 1 N–H and O–H groups in total. The fraction of sp³-hybridized carbons (Fsp3) is 0.222. The molecule has 0 aliphatic heterocycles. The SMILES string of the molecule is COc1cccc(CNC(=O)COC(=O)c2cccc(C(F)(F)F)c2)c1. The van der Waals surface area contributed by atoms with Crippen LogP contribution in [0.15, 0.2) is 48.5 Å². The second-order valence-electron chi connectivity index (χ2n) is 5.28. The van der Waals surface area contributed by atoms with Gasteiger partial charge in [0.15, 0.2) is 6.61 Å². The number of esters is 1. The molecule has 0 atom stereocenters. The van der Waals surface area contributed by atoms with Gasteiger partial charge in [0.2, 0.25) is 0 Å². The maximum absolute atomic E-state index is 12.6. The maximum Gasteiger partial charge on any atom is 0.416 e. The molecule has 8 heteroatoms. The van der Waals surface area contributed by atoms with Gasteiger partial charge in [0.25, 0.3) is 5.91 Å². The van der Waals surface area contributed by atoms with Crippen LogP contribution in [0.1, 0.15) is 21.5 Å². The van der Waals surface area contributed by atoms with E-state index in [4.69, 9.17) is 9.47 Å². The Morgan fingerprint density at radius 2 is 1.81 bits per heavy atom. The second-order valence-corrected chi connectivity index (χ2v) is 5.28. The predicted octanol–water partition coefficient (Wildman–Crippen LogP) is 3.19. The Hall–Kier alpha value is -3.03. The Morgan fingerprint density at radius 3 is 2.50 bits per heavy atom. The average molecular weight is 367 g/mol. The highest BCUT2D eigenvalue weighted by molar-refractivity contribution is 5.91. The third kappa shape index (κ3) is 5.51. The molecule has 2 aromatic rings. The fourth-order valence-corrected chi connectivity index (χ4v) is 2.07. The standard InChI is InChI=1S/C18H16F3NO4/c1-25-15-7-2-4-12(8-15)10-22-16(23)11-26-17(24)13-5-3-6-14(9-13)18(19,20)21/h2-9H,10-11H2,1H3,(H,22,23). The Labute approximate surface area is 147 Å². The Balaban J connectivity index is 1.86. The van der Waals surface area contributed by atoms with E-state index in [9.17, 15) is 22.8 Å². The highest BCUT2D eigenvalue weighted by atomic mass is 19.4. The van der Waals surface area contributed by atoms with Crippen LogP contribution in [0.2, 0.25) is 0 Å². The number of amides is 1. The van der Waals surface area contributed by atoms with Crippen LogP contribution in [-0.4, -0.2) is 25.6 Å². The molecule has 0 saturated heterocycles. The van der Waals surface area contributed by atoms with Gasteiger partial charge in [-0.25, -0.2) is 4.79 Å². The number of carbonyl (C=O) groups excluding carboxylic acids is 2. The van der Waals surface area contributed by atoms with Crippen LogP contribution in [0, 0.1) is 0 Å². The van der Waals surface area contributed by atoms with Crippen molar-refractivity contribution in [3.8, 4) is 5.75 Å². The summed E-state index contributed by atoms with van der Waals surface area (Å²) < 4.78 is 47.7. The number of ether oxygens (including phenoxy) is 2. The van der Waals surface area contributed by atoms with E-state index >= 15 is 0 Å². The van der Waals surface area contributed by atoms with Crippen molar-refractivity contribution in [2.24, 2.45) is 0 Å². The van der Waals surface area contributed by atoms with Gasteiger partial charge in [0.1, 0.15) is 5.75 Å². The summed E-state index contributed by atoms with van der Waals surface area (Å²) in [6, 6.07) is 10.8. The lowest BCUT2D eigenvalue weighted by Gasteiger charge is -2.09.